The number of ether oxygens (including phenoxy) is 1. The molecule has 6 nitrogen and oxygen atoms in total. The summed E-state index contributed by atoms with van der Waals surface area (Å²) in [5, 5.41) is 0. The predicted octanol–water partition coefficient (Wildman–Crippen LogP) is 2.30. The van der Waals surface area contributed by atoms with Crippen molar-refractivity contribution in [3.05, 3.63) is 48.4 Å². The van der Waals surface area contributed by atoms with Crippen LogP contribution in [0.15, 0.2) is 42.9 Å². The fourth-order valence-electron chi connectivity index (χ4n) is 3.77. The van der Waals surface area contributed by atoms with E-state index in [2.05, 4.69) is 33.1 Å². The molecular formula is C20H24N4O2. The minimum Gasteiger partial charge on any atom is -0.473 e. The third kappa shape index (κ3) is 3.85. The first-order valence-corrected chi connectivity index (χ1v) is 9.33. The number of rotatable bonds is 4. The molecule has 1 saturated heterocycles. The highest BCUT2D eigenvalue weighted by Gasteiger charge is 2.26. The van der Waals surface area contributed by atoms with Crippen LogP contribution in [0.2, 0.25) is 0 Å². The number of piperidine rings is 1. The average molecular weight is 352 g/mol. The second-order valence-electron chi connectivity index (χ2n) is 6.91. The van der Waals surface area contributed by atoms with Gasteiger partial charge in [-0.2, -0.15) is 0 Å². The van der Waals surface area contributed by atoms with Gasteiger partial charge < -0.3 is 9.64 Å². The zero-order valence-corrected chi connectivity index (χ0v) is 14.9. The van der Waals surface area contributed by atoms with Gasteiger partial charge in [0.15, 0.2) is 0 Å². The number of para-hydroxylation sites is 1. The molecular weight excluding hydrogens is 328 g/mol. The summed E-state index contributed by atoms with van der Waals surface area (Å²) in [6.45, 7) is 3.03. The molecule has 1 aromatic heterocycles. The van der Waals surface area contributed by atoms with E-state index in [1.165, 1.54) is 5.56 Å². The largest absolute Gasteiger partial charge is 0.473 e. The highest BCUT2D eigenvalue weighted by atomic mass is 16.5. The molecule has 2 aliphatic rings. The van der Waals surface area contributed by atoms with E-state index in [4.69, 9.17) is 4.74 Å². The number of hydrogen-bond donors (Lipinski definition) is 0. The van der Waals surface area contributed by atoms with E-state index < -0.39 is 0 Å². The average Bonchev–Trinajstić information content (AvgIpc) is 2.70. The third-order valence-electron chi connectivity index (χ3n) is 5.13. The van der Waals surface area contributed by atoms with Crippen LogP contribution >= 0.6 is 0 Å². The van der Waals surface area contributed by atoms with Crippen molar-refractivity contribution in [2.75, 3.05) is 31.1 Å². The minimum absolute atomic E-state index is 0.147. The molecule has 0 N–H and O–H groups in total. The Labute approximate surface area is 153 Å². The van der Waals surface area contributed by atoms with Crippen LogP contribution in [0.3, 0.4) is 0 Å². The molecule has 0 unspecified atom stereocenters. The number of likely N-dealkylation sites (tertiary alicyclic amines) is 1. The number of fused-ring (bicyclic) bond motifs is 1. The zero-order chi connectivity index (χ0) is 17.8. The van der Waals surface area contributed by atoms with Crippen LogP contribution in [0.4, 0.5) is 5.69 Å². The van der Waals surface area contributed by atoms with E-state index in [0.29, 0.717) is 12.4 Å². The van der Waals surface area contributed by atoms with Crippen molar-refractivity contribution in [2.24, 2.45) is 0 Å². The first-order valence-electron chi connectivity index (χ1n) is 9.33. The summed E-state index contributed by atoms with van der Waals surface area (Å²) < 4.78 is 5.88. The SMILES string of the molecule is O=C(CN1CCC(Oc2cnccn2)CC1)N1CCCc2ccccc21. The lowest BCUT2D eigenvalue weighted by atomic mass is 10.0. The van der Waals surface area contributed by atoms with Gasteiger partial charge in [-0.1, -0.05) is 18.2 Å². The lowest BCUT2D eigenvalue weighted by molar-refractivity contribution is -0.120. The van der Waals surface area contributed by atoms with Gasteiger partial charge in [-0.3, -0.25) is 14.7 Å². The zero-order valence-electron chi connectivity index (χ0n) is 14.9. The van der Waals surface area contributed by atoms with Crippen LogP contribution in [0, 0.1) is 0 Å². The van der Waals surface area contributed by atoms with Crippen LogP contribution < -0.4 is 9.64 Å². The Bertz CT molecular complexity index is 744. The molecule has 6 heteroatoms. The molecule has 1 fully saturated rings. The van der Waals surface area contributed by atoms with Gasteiger partial charge in [-0.05, 0) is 37.3 Å². The molecule has 0 aliphatic carbocycles. The standard InChI is InChI=1S/C20H24N4O2/c25-20(24-11-3-5-16-4-1-2-6-18(16)24)15-23-12-7-17(8-13-23)26-19-14-21-9-10-22-19/h1-2,4,6,9-10,14,17H,3,5,7-8,11-13,15H2. The van der Waals surface area contributed by atoms with Crippen molar-refractivity contribution in [1.29, 1.82) is 0 Å². The van der Waals surface area contributed by atoms with Gasteiger partial charge in [-0.25, -0.2) is 4.98 Å². The normalized spacial score (nSPS) is 18.4. The topological polar surface area (TPSA) is 58.6 Å². The van der Waals surface area contributed by atoms with E-state index in [1.807, 2.05) is 11.0 Å². The Kier molecular flexibility index (Phi) is 5.11. The number of carbonyl (C=O) groups excluding carboxylic acids is 1. The summed E-state index contributed by atoms with van der Waals surface area (Å²) in [5.74, 6) is 0.775. The third-order valence-corrected chi connectivity index (χ3v) is 5.13. The molecule has 1 aromatic carbocycles. The molecule has 26 heavy (non-hydrogen) atoms. The van der Waals surface area contributed by atoms with Gasteiger partial charge in [0.1, 0.15) is 6.10 Å². The number of benzene rings is 1. The van der Waals surface area contributed by atoms with Gasteiger partial charge in [0.25, 0.3) is 0 Å². The summed E-state index contributed by atoms with van der Waals surface area (Å²) in [6, 6.07) is 8.26. The van der Waals surface area contributed by atoms with Gasteiger partial charge >= 0.3 is 0 Å². The lowest BCUT2D eigenvalue weighted by Gasteiger charge is -2.34. The molecule has 0 atom stereocenters. The summed E-state index contributed by atoms with van der Waals surface area (Å²) >= 11 is 0. The van der Waals surface area contributed by atoms with Crippen LogP contribution in [-0.2, 0) is 11.2 Å². The molecule has 3 heterocycles. The maximum absolute atomic E-state index is 12.8. The van der Waals surface area contributed by atoms with Crippen molar-refractivity contribution in [3.63, 3.8) is 0 Å². The predicted molar refractivity (Wildman–Crippen MR) is 99.2 cm³/mol. The molecule has 136 valence electrons. The van der Waals surface area contributed by atoms with Gasteiger partial charge in [0.2, 0.25) is 11.8 Å². The highest BCUT2D eigenvalue weighted by Crippen LogP contribution is 2.27. The fourth-order valence-corrected chi connectivity index (χ4v) is 3.77. The maximum Gasteiger partial charge on any atom is 0.241 e. The maximum atomic E-state index is 12.8. The van der Waals surface area contributed by atoms with E-state index in [9.17, 15) is 4.79 Å². The fraction of sp³-hybridized carbons (Fsp3) is 0.450. The molecule has 0 saturated carbocycles. The number of hydrogen-bond acceptors (Lipinski definition) is 5. The van der Waals surface area contributed by atoms with Gasteiger partial charge in [0, 0.05) is 37.7 Å². The molecule has 0 bridgehead atoms. The van der Waals surface area contributed by atoms with Crippen LogP contribution in [0.25, 0.3) is 0 Å². The van der Waals surface area contributed by atoms with Crippen molar-refractivity contribution in [1.82, 2.24) is 14.9 Å². The smallest absolute Gasteiger partial charge is 0.241 e. The number of nitrogens with zero attached hydrogens (tertiary/aromatic N) is 4. The molecule has 4 rings (SSSR count). The molecule has 0 spiro atoms. The van der Waals surface area contributed by atoms with E-state index in [1.54, 1.807) is 18.6 Å². The molecule has 2 aromatic rings. The number of anilines is 1. The number of carbonyl (C=O) groups is 1. The Morgan fingerprint density at radius 3 is 2.81 bits per heavy atom. The Balaban J connectivity index is 1.30. The van der Waals surface area contributed by atoms with Crippen LogP contribution in [-0.4, -0.2) is 53.1 Å². The summed E-state index contributed by atoms with van der Waals surface area (Å²) in [5.41, 5.74) is 2.37. The Morgan fingerprint density at radius 1 is 1.15 bits per heavy atom. The van der Waals surface area contributed by atoms with Crippen molar-refractivity contribution < 1.29 is 9.53 Å². The summed E-state index contributed by atoms with van der Waals surface area (Å²) in [4.78, 5) is 25.2. The summed E-state index contributed by atoms with van der Waals surface area (Å²) in [7, 11) is 0. The van der Waals surface area contributed by atoms with Crippen molar-refractivity contribution in [2.45, 2.75) is 31.8 Å². The Hall–Kier alpha value is -2.47. The van der Waals surface area contributed by atoms with Crippen molar-refractivity contribution >= 4 is 11.6 Å². The molecule has 0 radical (unpaired) electrons. The van der Waals surface area contributed by atoms with E-state index >= 15 is 0 Å². The monoisotopic (exact) mass is 352 g/mol. The first-order chi connectivity index (χ1) is 12.8. The molecule has 2 aliphatic heterocycles. The Morgan fingerprint density at radius 2 is 2.00 bits per heavy atom. The highest BCUT2D eigenvalue weighted by molar-refractivity contribution is 5.95. The lowest BCUT2D eigenvalue weighted by Crippen LogP contribution is -2.46. The number of amides is 1. The van der Waals surface area contributed by atoms with E-state index in [0.717, 1.165) is 51.0 Å². The summed E-state index contributed by atoms with van der Waals surface area (Å²) in [6.07, 6.45) is 8.97. The quantitative estimate of drug-likeness (QED) is 0.845. The minimum atomic E-state index is 0.147. The second-order valence-corrected chi connectivity index (χ2v) is 6.91. The van der Waals surface area contributed by atoms with Crippen LogP contribution in [0.1, 0.15) is 24.8 Å². The van der Waals surface area contributed by atoms with Crippen molar-refractivity contribution in [3.8, 4) is 5.88 Å². The van der Waals surface area contributed by atoms with Crippen LogP contribution in [0.5, 0.6) is 5.88 Å². The van der Waals surface area contributed by atoms with E-state index in [-0.39, 0.29) is 12.0 Å². The number of aromatic nitrogens is 2. The van der Waals surface area contributed by atoms with Gasteiger partial charge in [0.05, 0.1) is 12.7 Å². The van der Waals surface area contributed by atoms with Gasteiger partial charge in [-0.15, -0.1) is 0 Å². The first kappa shape index (κ1) is 17.0. The number of aryl methyl sites for hydroxylation is 1. The molecule has 1 amide bonds. The second kappa shape index (κ2) is 7.83.